The van der Waals surface area contributed by atoms with Crippen LogP contribution in [0.4, 0.5) is 0 Å². The fourth-order valence-electron chi connectivity index (χ4n) is 10.6. The zero-order valence-corrected chi connectivity index (χ0v) is 32.5. The number of hydrogen-bond acceptors (Lipinski definition) is 8. The third-order valence-electron chi connectivity index (χ3n) is 13.8. The van der Waals surface area contributed by atoms with Crippen LogP contribution in [0.1, 0.15) is 131 Å². The summed E-state index contributed by atoms with van der Waals surface area (Å²) in [6.07, 6.45) is 15.2. The lowest BCUT2D eigenvalue weighted by Crippen LogP contribution is -2.53. The van der Waals surface area contributed by atoms with Crippen LogP contribution in [0.2, 0.25) is 0 Å². The first-order chi connectivity index (χ1) is 23.6. The number of quaternary nitrogens is 2. The Morgan fingerprint density at radius 3 is 1.28 bits per heavy atom. The Labute approximate surface area is 303 Å². The molecule has 4 fully saturated rings. The molecule has 4 N–H and O–H groups in total. The number of aliphatic hydroxyl groups is 4. The molecule has 0 amide bonds. The zero-order valence-electron chi connectivity index (χ0n) is 32.5. The SMILES string of the molecule is CC(C)[C@](O)(C(=O)OC[C@@H]1C[C@@H]2CCC[N@+]2(CCCCCCCCCC[N@+]23CCC[C@@H]2C[C@H](COC(=O)[C@](O)(C(C)C)[C@H](C)O)C3)C1)[C@H](C)O. The Hall–Kier alpha value is -1.30. The second-order valence-electron chi connectivity index (χ2n) is 17.8. The van der Waals surface area contributed by atoms with Crippen LogP contribution < -0.4 is 0 Å². The molecule has 0 radical (unpaired) electrons. The van der Waals surface area contributed by atoms with Crippen molar-refractivity contribution >= 4 is 11.9 Å². The number of hydrogen-bond donors (Lipinski definition) is 4. The number of fused-ring (bicyclic) bond motifs is 2. The molecule has 10 nitrogen and oxygen atoms in total. The van der Waals surface area contributed by atoms with Gasteiger partial charge in [0.2, 0.25) is 0 Å². The summed E-state index contributed by atoms with van der Waals surface area (Å²) in [6.45, 7) is 17.5. The summed E-state index contributed by atoms with van der Waals surface area (Å²) in [4.78, 5) is 25.5. The van der Waals surface area contributed by atoms with Gasteiger partial charge >= 0.3 is 11.9 Å². The molecule has 290 valence electrons. The van der Waals surface area contributed by atoms with Gasteiger partial charge in [-0.05, 0) is 51.4 Å². The third-order valence-corrected chi connectivity index (χ3v) is 13.8. The Morgan fingerprint density at radius 2 is 0.960 bits per heavy atom. The normalized spacial score (nSPS) is 32.8. The molecule has 10 atom stereocenters. The Morgan fingerprint density at radius 1 is 0.620 bits per heavy atom. The molecule has 0 spiro atoms. The van der Waals surface area contributed by atoms with Crippen LogP contribution in [0, 0.1) is 23.7 Å². The van der Waals surface area contributed by atoms with Crippen molar-refractivity contribution in [1.82, 2.24) is 0 Å². The standard InChI is InChI=1S/C40H74N2O8/c1-29(2)39(47,31(5)43)37(45)49-27-33-23-35-17-15-21-41(35,25-33)19-13-11-9-7-8-10-12-14-20-42-22-16-18-36(42)24-34(26-42)28-50-38(46)40(48,30(3)4)32(6)44/h29-36,43-44,47-48H,7-28H2,1-6H3/q+2/t31-,32-,33-,34+,35+,36-,39-,40+,41+,42+/m0/s1. The van der Waals surface area contributed by atoms with Crippen LogP contribution in [0.25, 0.3) is 0 Å². The van der Waals surface area contributed by atoms with Crippen LogP contribution in [0.5, 0.6) is 0 Å². The quantitative estimate of drug-likeness (QED) is 0.0764. The highest BCUT2D eigenvalue weighted by Gasteiger charge is 2.52. The molecule has 0 aliphatic carbocycles. The fourth-order valence-corrected chi connectivity index (χ4v) is 10.6. The number of carbonyl (C=O) groups excluding carboxylic acids is 2. The minimum Gasteiger partial charge on any atom is -0.463 e. The molecule has 4 aliphatic heterocycles. The summed E-state index contributed by atoms with van der Waals surface area (Å²) >= 11 is 0. The lowest BCUT2D eigenvalue weighted by Gasteiger charge is -2.35. The second kappa shape index (κ2) is 17.7. The highest BCUT2D eigenvalue weighted by molar-refractivity contribution is 5.81. The van der Waals surface area contributed by atoms with Gasteiger partial charge in [-0.15, -0.1) is 0 Å². The second-order valence-corrected chi connectivity index (χ2v) is 17.8. The zero-order chi connectivity index (χ0) is 36.7. The van der Waals surface area contributed by atoms with E-state index in [-0.39, 0.29) is 0 Å². The molecule has 4 aliphatic rings. The van der Waals surface area contributed by atoms with E-state index in [0.717, 1.165) is 25.9 Å². The molecule has 50 heavy (non-hydrogen) atoms. The van der Waals surface area contributed by atoms with Gasteiger partial charge in [0.25, 0.3) is 0 Å². The highest BCUT2D eigenvalue weighted by Crippen LogP contribution is 2.41. The Kier molecular flexibility index (Phi) is 14.7. The number of esters is 2. The summed E-state index contributed by atoms with van der Waals surface area (Å²) < 4.78 is 13.6. The van der Waals surface area contributed by atoms with Gasteiger partial charge < -0.3 is 38.9 Å². The molecular weight excluding hydrogens is 636 g/mol. The summed E-state index contributed by atoms with van der Waals surface area (Å²) in [6, 6.07) is 1.34. The van der Waals surface area contributed by atoms with Gasteiger partial charge in [-0.3, -0.25) is 0 Å². The molecule has 0 bridgehead atoms. The van der Waals surface area contributed by atoms with Crippen LogP contribution >= 0.6 is 0 Å². The first kappa shape index (κ1) is 41.5. The van der Waals surface area contributed by atoms with Crippen molar-refractivity contribution in [2.75, 3.05) is 52.5 Å². The maximum atomic E-state index is 12.7. The van der Waals surface area contributed by atoms with E-state index in [1.807, 2.05) is 0 Å². The number of ether oxygens (including phenoxy) is 2. The van der Waals surface area contributed by atoms with E-state index in [9.17, 15) is 30.0 Å². The molecule has 4 rings (SSSR count). The predicted octanol–water partition coefficient (Wildman–Crippen LogP) is 4.73. The summed E-state index contributed by atoms with van der Waals surface area (Å²) in [5.74, 6) is -1.58. The highest BCUT2D eigenvalue weighted by atomic mass is 16.6. The molecular formula is C40H74N2O8+2. The van der Waals surface area contributed by atoms with Gasteiger partial charge in [-0.1, -0.05) is 53.4 Å². The van der Waals surface area contributed by atoms with Gasteiger partial charge in [0.1, 0.15) is 0 Å². The smallest absolute Gasteiger partial charge is 0.341 e. The van der Waals surface area contributed by atoms with Gasteiger partial charge in [0, 0.05) is 50.4 Å². The van der Waals surface area contributed by atoms with Crippen molar-refractivity contribution in [3.8, 4) is 0 Å². The number of carbonyl (C=O) groups is 2. The molecule has 10 heteroatoms. The van der Waals surface area contributed by atoms with Gasteiger partial charge in [-0.2, -0.15) is 0 Å². The first-order valence-corrected chi connectivity index (χ1v) is 20.5. The van der Waals surface area contributed by atoms with Crippen LogP contribution in [-0.4, -0.2) is 129 Å². The van der Waals surface area contributed by atoms with Crippen molar-refractivity contribution in [1.29, 1.82) is 0 Å². The van der Waals surface area contributed by atoms with E-state index < -0.39 is 47.2 Å². The molecule has 0 aromatic rings. The number of aliphatic hydroxyl groups excluding tert-OH is 2. The van der Waals surface area contributed by atoms with Crippen molar-refractivity contribution < 1.29 is 48.5 Å². The fraction of sp³-hybridized carbons (Fsp3) is 0.950. The number of unbranched alkanes of at least 4 members (excludes halogenated alkanes) is 7. The molecule has 4 heterocycles. The van der Waals surface area contributed by atoms with Crippen molar-refractivity contribution in [3.05, 3.63) is 0 Å². The minimum absolute atomic E-state index is 0.326. The lowest BCUT2D eigenvalue weighted by molar-refractivity contribution is -0.928. The Bertz CT molecular complexity index is 997. The van der Waals surface area contributed by atoms with E-state index in [4.69, 9.17) is 9.47 Å². The number of nitrogens with zero attached hydrogens (tertiary/aromatic N) is 2. The monoisotopic (exact) mass is 711 g/mol. The van der Waals surface area contributed by atoms with E-state index >= 15 is 0 Å². The molecule has 0 unspecified atom stereocenters. The van der Waals surface area contributed by atoms with Crippen LogP contribution in [0.3, 0.4) is 0 Å². The molecule has 0 aromatic carbocycles. The molecule has 0 saturated carbocycles. The lowest BCUT2D eigenvalue weighted by atomic mass is 9.85. The first-order valence-electron chi connectivity index (χ1n) is 20.5. The van der Waals surface area contributed by atoms with Crippen molar-refractivity contribution in [2.24, 2.45) is 23.7 Å². The molecule has 0 aromatic heterocycles. The molecule has 4 saturated heterocycles. The third kappa shape index (κ3) is 9.07. The van der Waals surface area contributed by atoms with Gasteiger partial charge in [0.15, 0.2) is 11.2 Å². The van der Waals surface area contributed by atoms with E-state index in [2.05, 4.69) is 0 Å². The van der Waals surface area contributed by atoms with E-state index in [1.54, 1.807) is 27.7 Å². The van der Waals surface area contributed by atoms with Crippen LogP contribution in [-0.2, 0) is 19.1 Å². The maximum Gasteiger partial charge on any atom is 0.341 e. The average Bonchev–Trinajstić information content (AvgIpc) is 3.80. The Balaban J connectivity index is 1.08. The maximum absolute atomic E-state index is 12.7. The largest absolute Gasteiger partial charge is 0.463 e. The van der Waals surface area contributed by atoms with Gasteiger partial charge in [0.05, 0.1) is 76.8 Å². The van der Waals surface area contributed by atoms with E-state index in [1.165, 1.54) is 126 Å². The summed E-state index contributed by atoms with van der Waals surface area (Å²) in [5.41, 5.74) is -3.72. The van der Waals surface area contributed by atoms with Crippen LogP contribution in [0.15, 0.2) is 0 Å². The topological polar surface area (TPSA) is 134 Å². The van der Waals surface area contributed by atoms with E-state index in [0.29, 0.717) is 37.1 Å². The number of rotatable bonds is 21. The predicted molar refractivity (Wildman–Crippen MR) is 194 cm³/mol. The minimum atomic E-state index is -1.86. The van der Waals surface area contributed by atoms with Crippen molar-refractivity contribution in [3.63, 3.8) is 0 Å². The van der Waals surface area contributed by atoms with Gasteiger partial charge in [-0.25, -0.2) is 9.59 Å². The van der Waals surface area contributed by atoms with Crippen molar-refractivity contribution in [2.45, 2.75) is 167 Å². The summed E-state index contributed by atoms with van der Waals surface area (Å²) in [5, 5.41) is 41.7. The average molecular weight is 711 g/mol. The summed E-state index contributed by atoms with van der Waals surface area (Å²) in [7, 11) is 0.